The molecule has 2 aromatic rings. The van der Waals surface area contributed by atoms with Crippen molar-refractivity contribution in [1.29, 1.82) is 0 Å². The van der Waals surface area contributed by atoms with E-state index in [0.29, 0.717) is 5.69 Å². The van der Waals surface area contributed by atoms with Gasteiger partial charge < -0.3 is 15.4 Å². The first-order chi connectivity index (χ1) is 14.3. The highest BCUT2D eigenvalue weighted by Gasteiger charge is 2.30. The van der Waals surface area contributed by atoms with Crippen LogP contribution in [0.4, 0.5) is 18.9 Å². The summed E-state index contributed by atoms with van der Waals surface area (Å²) in [6, 6.07) is 11.5. The molecular formula is C22H23F3N2O3. The lowest BCUT2D eigenvalue weighted by atomic mass is 10.1. The fraction of sp³-hybridized carbons (Fsp3) is 0.364. The number of hydrogen-bond acceptors (Lipinski definition) is 3. The van der Waals surface area contributed by atoms with Gasteiger partial charge >= 0.3 is 6.18 Å². The maximum atomic E-state index is 12.7. The minimum atomic E-state index is -4.47. The average molecular weight is 420 g/mol. The van der Waals surface area contributed by atoms with Crippen LogP contribution in [0.5, 0.6) is 5.75 Å². The first-order valence-corrected chi connectivity index (χ1v) is 9.78. The molecule has 0 radical (unpaired) electrons. The summed E-state index contributed by atoms with van der Waals surface area (Å²) < 4.78 is 43.3. The van der Waals surface area contributed by atoms with Gasteiger partial charge in [0, 0.05) is 18.2 Å². The summed E-state index contributed by atoms with van der Waals surface area (Å²) >= 11 is 0. The van der Waals surface area contributed by atoms with Crippen molar-refractivity contribution in [3.8, 4) is 5.75 Å². The Kier molecular flexibility index (Phi) is 6.97. The number of rotatable bonds is 7. The van der Waals surface area contributed by atoms with Gasteiger partial charge in [-0.1, -0.05) is 31.0 Å². The van der Waals surface area contributed by atoms with Gasteiger partial charge in [0.05, 0.1) is 5.56 Å². The summed E-state index contributed by atoms with van der Waals surface area (Å²) in [6.45, 7) is -0.197. The molecule has 3 rings (SSSR count). The summed E-state index contributed by atoms with van der Waals surface area (Å²) in [5.41, 5.74) is 0.613. The molecule has 5 nitrogen and oxygen atoms in total. The van der Waals surface area contributed by atoms with Crippen molar-refractivity contribution in [3.05, 3.63) is 59.7 Å². The van der Waals surface area contributed by atoms with Crippen molar-refractivity contribution in [1.82, 2.24) is 5.32 Å². The molecule has 1 aliphatic rings. The van der Waals surface area contributed by atoms with E-state index in [1.54, 1.807) is 24.3 Å². The number of hydrogen-bond donors (Lipinski definition) is 2. The largest absolute Gasteiger partial charge is 0.484 e. The van der Waals surface area contributed by atoms with Gasteiger partial charge in [0.2, 0.25) is 5.91 Å². The van der Waals surface area contributed by atoms with E-state index in [4.69, 9.17) is 4.74 Å². The number of carbonyl (C=O) groups is 2. The van der Waals surface area contributed by atoms with Crippen LogP contribution in [0.1, 0.15) is 36.8 Å². The molecule has 2 amide bonds. The summed E-state index contributed by atoms with van der Waals surface area (Å²) in [5, 5.41) is 5.56. The molecule has 0 bridgehead atoms. The predicted octanol–water partition coefficient (Wildman–Crippen LogP) is 4.53. The summed E-state index contributed by atoms with van der Waals surface area (Å²) in [4.78, 5) is 24.2. The van der Waals surface area contributed by atoms with Crippen LogP contribution in [0.2, 0.25) is 0 Å². The summed E-state index contributed by atoms with van der Waals surface area (Å²) in [5.74, 6) is -0.422. The molecule has 0 unspecified atom stereocenters. The van der Waals surface area contributed by atoms with Crippen LogP contribution in [0.25, 0.3) is 0 Å². The summed E-state index contributed by atoms with van der Waals surface area (Å²) in [7, 11) is 0. The number of carbonyl (C=O) groups excluding carboxylic acids is 2. The van der Waals surface area contributed by atoms with E-state index in [2.05, 4.69) is 10.6 Å². The lowest BCUT2D eigenvalue weighted by Crippen LogP contribution is -2.28. The van der Waals surface area contributed by atoms with Gasteiger partial charge in [-0.25, -0.2) is 0 Å². The molecule has 0 aromatic heterocycles. The van der Waals surface area contributed by atoms with Crippen LogP contribution in [0.15, 0.2) is 48.5 Å². The molecule has 1 aliphatic carbocycles. The second kappa shape index (κ2) is 9.65. The Labute approximate surface area is 172 Å². The number of anilines is 1. The van der Waals surface area contributed by atoms with E-state index in [1.807, 2.05) is 0 Å². The van der Waals surface area contributed by atoms with Crippen LogP contribution in [0, 0.1) is 5.92 Å². The van der Waals surface area contributed by atoms with E-state index in [9.17, 15) is 22.8 Å². The topological polar surface area (TPSA) is 67.4 Å². The van der Waals surface area contributed by atoms with Crippen molar-refractivity contribution < 1.29 is 27.5 Å². The first-order valence-electron chi connectivity index (χ1n) is 9.78. The van der Waals surface area contributed by atoms with E-state index in [1.165, 1.54) is 12.1 Å². The Morgan fingerprint density at radius 2 is 1.77 bits per heavy atom. The highest BCUT2D eigenvalue weighted by Crippen LogP contribution is 2.31. The van der Waals surface area contributed by atoms with E-state index < -0.39 is 24.3 Å². The quantitative estimate of drug-likeness (QED) is 0.692. The molecule has 0 atom stereocenters. The SMILES string of the molecule is O=C(COc1cccc(C(F)(F)F)c1)NCc1cccc(NC(=O)C2CCCC2)c1. The highest BCUT2D eigenvalue weighted by molar-refractivity contribution is 5.92. The second-order valence-electron chi connectivity index (χ2n) is 7.26. The smallest absolute Gasteiger partial charge is 0.416 e. The van der Waals surface area contributed by atoms with Gasteiger partial charge in [0.15, 0.2) is 6.61 Å². The molecule has 2 N–H and O–H groups in total. The van der Waals surface area contributed by atoms with Crippen molar-refractivity contribution in [2.75, 3.05) is 11.9 Å². The second-order valence-corrected chi connectivity index (χ2v) is 7.26. The zero-order valence-corrected chi connectivity index (χ0v) is 16.3. The molecule has 160 valence electrons. The van der Waals surface area contributed by atoms with E-state index >= 15 is 0 Å². The third-order valence-electron chi connectivity index (χ3n) is 4.94. The van der Waals surface area contributed by atoms with E-state index in [0.717, 1.165) is 43.4 Å². The number of alkyl halides is 3. The minimum absolute atomic E-state index is 0.0168. The minimum Gasteiger partial charge on any atom is -0.484 e. The predicted molar refractivity (Wildman–Crippen MR) is 106 cm³/mol. The van der Waals surface area contributed by atoms with E-state index in [-0.39, 0.29) is 24.1 Å². The zero-order valence-electron chi connectivity index (χ0n) is 16.3. The fourth-order valence-electron chi connectivity index (χ4n) is 3.35. The first kappa shape index (κ1) is 21.7. The third-order valence-corrected chi connectivity index (χ3v) is 4.94. The van der Waals surface area contributed by atoms with Crippen LogP contribution >= 0.6 is 0 Å². The van der Waals surface area contributed by atoms with Crippen LogP contribution < -0.4 is 15.4 Å². The van der Waals surface area contributed by atoms with Gasteiger partial charge in [-0.05, 0) is 48.7 Å². The third kappa shape index (κ3) is 6.23. The molecule has 1 saturated carbocycles. The molecule has 2 aromatic carbocycles. The molecule has 0 spiro atoms. The number of halogens is 3. The lowest BCUT2D eigenvalue weighted by molar-refractivity contribution is -0.137. The maximum Gasteiger partial charge on any atom is 0.416 e. The van der Waals surface area contributed by atoms with Crippen molar-refractivity contribution in [2.24, 2.45) is 5.92 Å². The van der Waals surface area contributed by atoms with Crippen LogP contribution in [-0.4, -0.2) is 18.4 Å². The van der Waals surface area contributed by atoms with Crippen molar-refractivity contribution >= 4 is 17.5 Å². The van der Waals surface area contributed by atoms with Crippen molar-refractivity contribution in [3.63, 3.8) is 0 Å². The van der Waals surface area contributed by atoms with Crippen LogP contribution in [-0.2, 0) is 22.3 Å². The molecule has 0 saturated heterocycles. The standard InChI is InChI=1S/C22H23F3N2O3/c23-22(24,25)17-8-4-10-19(12-17)30-14-20(28)26-13-15-5-3-9-18(11-15)27-21(29)16-6-1-2-7-16/h3-5,8-12,16H,1-2,6-7,13-14H2,(H,26,28)(H,27,29). The number of nitrogens with one attached hydrogen (secondary N) is 2. The molecule has 0 aliphatic heterocycles. The number of benzene rings is 2. The van der Waals surface area contributed by atoms with Gasteiger partial charge in [-0.2, -0.15) is 13.2 Å². The molecule has 0 heterocycles. The van der Waals surface area contributed by atoms with Gasteiger partial charge in [-0.3, -0.25) is 9.59 Å². The Morgan fingerprint density at radius 3 is 2.50 bits per heavy atom. The average Bonchev–Trinajstić information content (AvgIpc) is 3.26. The highest BCUT2D eigenvalue weighted by atomic mass is 19.4. The number of ether oxygens (including phenoxy) is 1. The van der Waals surface area contributed by atoms with Crippen LogP contribution in [0.3, 0.4) is 0 Å². The Morgan fingerprint density at radius 1 is 1.03 bits per heavy atom. The Bertz CT molecular complexity index is 893. The molecule has 8 heteroatoms. The van der Waals surface area contributed by atoms with Gasteiger partial charge in [-0.15, -0.1) is 0 Å². The Balaban J connectivity index is 1.47. The maximum absolute atomic E-state index is 12.7. The molecular weight excluding hydrogens is 397 g/mol. The number of amides is 2. The van der Waals surface area contributed by atoms with Gasteiger partial charge in [0.1, 0.15) is 5.75 Å². The molecule has 30 heavy (non-hydrogen) atoms. The Hall–Kier alpha value is -3.03. The summed E-state index contributed by atoms with van der Waals surface area (Å²) in [6.07, 6.45) is -0.500. The lowest BCUT2D eigenvalue weighted by Gasteiger charge is -2.12. The normalized spacial score (nSPS) is 14.4. The molecule has 1 fully saturated rings. The fourth-order valence-corrected chi connectivity index (χ4v) is 3.35. The monoisotopic (exact) mass is 420 g/mol. The van der Waals surface area contributed by atoms with Gasteiger partial charge in [0.25, 0.3) is 5.91 Å². The van der Waals surface area contributed by atoms with Crippen molar-refractivity contribution in [2.45, 2.75) is 38.4 Å². The zero-order chi connectivity index (χ0) is 21.6.